The molecule has 0 saturated carbocycles. The molecule has 1 heterocycles. The van der Waals surface area contributed by atoms with Crippen LogP contribution in [0.1, 0.15) is 15.9 Å². The summed E-state index contributed by atoms with van der Waals surface area (Å²) in [7, 11) is 0. The second-order valence-electron chi connectivity index (χ2n) is 4.26. The summed E-state index contributed by atoms with van der Waals surface area (Å²) >= 11 is 3.10. The van der Waals surface area contributed by atoms with Crippen LogP contribution in [0.25, 0.3) is 0 Å². The first-order valence-corrected chi connectivity index (χ1v) is 6.35. The van der Waals surface area contributed by atoms with Crippen LogP contribution in [-0.4, -0.2) is 33.2 Å². The van der Waals surface area contributed by atoms with Crippen molar-refractivity contribution in [2.45, 2.75) is 10.7 Å². The molecule has 0 atom stereocenters. The number of amides is 2. The van der Waals surface area contributed by atoms with Crippen molar-refractivity contribution in [2.75, 3.05) is 0 Å². The summed E-state index contributed by atoms with van der Waals surface area (Å²) < 4.78 is -1.51. The van der Waals surface area contributed by atoms with Gasteiger partial charge in [0, 0.05) is 6.42 Å². The number of carboxylic acids is 1. The fourth-order valence-electron chi connectivity index (χ4n) is 1.77. The normalized spacial score (nSPS) is 22.1. The smallest absolute Gasteiger partial charge is 0.335 e. The number of carbonyl (C=O) groups is 3. The molecule has 0 bridgehead atoms. The molecule has 2 rings (SSSR count). The van der Waals surface area contributed by atoms with E-state index in [2.05, 4.69) is 26.6 Å². The zero-order valence-corrected chi connectivity index (χ0v) is 11.7. The molecule has 7 nitrogen and oxygen atoms in total. The van der Waals surface area contributed by atoms with E-state index in [0.29, 0.717) is 5.56 Å². The maximum absolute atomic E-state index is 11.9. The molecule has 1 saturated heterocycles. The number of guanidine groups is 1. The molecule has 1 aliphatic rings. The SMILES string of the molecule is N=C1NC(=O)C(Br)(Cc2ccc(C(=O)O)cc2)C(=O)N1. The van der Waals surface area contributed by atoms with Gasteiger partial charge in [-0.05, 0) is 17.7 Å². The molecule has 0 aliphatic carbocycles. The largest absolute Gasteiger partial charge is 0.478 e. The maximum atomic E-state index is 11.9. The standard InChI is InChI=1S/C12H10BrN3O4/c13-12(9(19)15-11(14)16-10(12)20)5-6-1-3-7(4-2-6)8(17)18/h1-4H,5H2,(H,17,18)(H3,14,15,16,19,20). The van der Waals surface area contributed by atoms with Crippen LogP contribution in [0.2, 0.25) is 0 Å². The van der Waals surface area contributed by atoms with E-state index in [0.717, 1.165) is 0 Å². The van der Waals surface area contributed by atoms with Gasteiger partial charge in [0.25, 0.3) is 11.8 Å². The van der Waals surface area contributed by atoms with Crippen LogP contribution in [0.3, 0.4) is 0 Å². The van der Waals surface area contributed by atoms with Crippen molar-refractivity contribution in [3.63, 3.8) is 0 Å². The third-order valence-electron chi connectivity index (χ3n) is 2.85. The van der Waals surface area contributed by atoms with Gasteiger partial charge in [-0.3, -0.25) is 25.6 Å². The minimum Gasteiger partial charge on any atom is -0.478 e. The van der Waals surface area contributed by atoms with Gasteiger partial charge in [0.2, 0.25) is 5.96 Å². The lowest BCUT2D eigenvalue weighted by Crippen LogP contribution is -2.64. The van der Waals surface area contributed by atoms with Crippen molar-refractivity contribution in [3.05, 3.63) is 35.4 Å². The number of carboxylic acid groups (broad SMARTS) is 1. The number of hydrogen-bond donors (Lipinski definition) is 4. The number of nitrogens with one attached hydrogen (secondary N) is 3. The van der Waals surface area contributed by atoms with E-state index < -0.39 is 22.1 Å². The first-order valence-electron chi connectivity index (χ1n) is 5.55. The summed E-state index contributed by atoms with van der Waals surface area (Å²) in [5, 5.41) is 20.5. The third kappa shape index (κ3) is 2.55. The van der Waals surface area contributed by atoms with Gasteiger partial charge in [0.15, 0.2) is 4.32 Å². The van der Waals surface area contributed by atoms with E-state index in [1.165, 1.54) is 24.3 Å². The number of benzene rings is 1. The number of aromatic carboxylic acids is 1. The fraction of sp³-hybridized carbons (Fsp3) is 0.167. The van der Waals surface area contributed by atoms with Crippen molar-refractivity contribution < 1.29 is 19.5 Å². The monoisotopic (exact) mass is 339 g/mol. The van der Waals surface area contributed by atoms with Gasteiger partial charge in [-0.25, -0.2) is 4.79 Å². The van der Waals surface area contributed by atoms with Crippen molar-refractivity contribution in [2.24, 2.45) is 0 Å². The summed E-state index contributed by atoms with van der Waals surface area (Å²) in [6, 6.07) is 5.86. The highest BCUT2D eigenvalue weighted by Gasteiger charge is 2.47. The van der Waals surface area contributed by atoms with E-state index in [-0.39, 0.29) is 17.9 Å². The molecule has 1 aromatic carbocycles. The molecule has 0 spiro atoms. The second kappa shape index (κ2) is 5.04. The Morgan fingerprint density at radius 2 is 1.70 bits per heavy atom. The minimum absolute atomic E-state index is 0.0395. The molecule has 20 heavy (non-hydrogen) atoms. The van der Waals surface area contributed by atoms with Gasteiger partial charge in [0.05, 0.1) is 5.56 Å². The maximum Gasteiger partial charge on any atom is 0.335 e. The Kier molecular flexibility index (Phi) is 3.58. The van der Waals surface area contributed by atoms with E-state index in [9.17, 15) is 14.4 Å². The van der Waals surface area contributed by atoms with Crippen molar-refractivity contribution in [3.8, 4) is 0 Å². The van der Waals surface area contributed by atoms with Crippen LogP contribution in [-0.2, 0) is 16.0 Å². The molecule has 0 aromatic heterocycles. The minimum atomic E-state index is -1.51. The highest BCUT2D eigenvalue weighted by molar-refractivity contribution is 9.10. The molecule has 4 N–H and O–H groups in total. The lowest BCUT2D eigenvalue weighted by Gasteiger charge is -2.29. The van der Waals surface area contributed by atoms with Crippen LogP contribution in [0.5, 0.6) is 0 Å². The number of alkyl halides is 1. The molecule has 104 valence electrons. The molecule has 8 heteroatoms. The Hall–Kier alpha value is -2.22. The summed E-state index contributed by atoms with van der Waals surface area (Å²) in [4.78, 5) is 34.5. The Balaban J connectivity index is 2.23. The van der Waals surface area contributed by atoms with Crippen LogP contribution in [0.4, 0.5) is 0 Å². The number of halogens is 1. The topological polar surface area (TPSA) is 119 Å². The first kappa shape index (κ1) is 14.2. The lowest BCUT2D eigenvalue weighted by atomic mass is 9.95. The van der Waals surface area contributed by atoms with E-state index >= 15 is 0 Å². The van der Waals surface area contributed by atoms with Crippen LogP contribution >= 0.6 is 15.9 Å². The summed E-state index contributed by atoms with van der Waals surface area (Å²) in [5.74, 6) is -2.68. The molecule has 1 aliphatic heterocycles. The van der Waals surface area contributed by atoms with Crippen LogP contribution < -0.4 is 10.6 Å². The summed E-state index contributed by atoms with van der Waals surface area (Å²) in [5.41, 5.74) is 0.738. The van der Waals surface area contributed by atoms with Gasteiger partial charge in [0.1, 0.15) is 0 Å². The average molecular weight is 340 g/mol. The number of carbonyl (C=O) groups excluding carboxylic acids is 2. The van der Waals surface area contributed by atoms with Crippen molar-refractivity contribution in [1.29, 1.82) is 5.41 Å². The molecular formula is C12H10BrN3O4. The van der Waals surface area contributed by atoms with E-state index in [1.54, 1.807) is 0 Å². The van der Waals surface area contributed by atoms with Gasteiger partial charge in [-0.15, -0.1) is 0 Å². The highest BCUT2D eigenvalue weighted by Crippen LogP contribution is 2.26. The highest BCUT2D eigenvalue weighted by atomic mass is 79.9. The summed E-state index contributed by atoms with van der Waals surface area (Å²) in [6.07, 6.45) is 0.0395. The Morgan fingerprint density at radius 3 is 2.15 bits per heavy atom. The fourth-order valence-corrected chi connectivity index (χ4v) is 2.29. The van der Waals surface area contributed by atoms with Gasteiger partial charge >= 0.3 is 5.97 Å². The molecule has 1 aromatic rings. The van der Waals surface area contributed by atoms with E-state index in [4.69, 9.17) is 10.5 Å². The predicted molar refractivity (Wildman–Crippen MR) is 72.8 cm³/mol. The Labute approximate surface area is 122 Å². The predicted octanol–water partition coefficient (Wildman–Crippen LogP) is 0.242. The molecular weight excluding hydrogens is 330 g/mol. The van der Waals surface area contributed by atoms with Gasteiger partial charge in [-0.1, -0.05) is 28.1 Å². The first-order chi connectivity index (χ1) is 9.33. The van der Waals surface area contributed by atoms with E-state index in [1.807, 2.05) is 0 Å². The van der Waals surface area contributed by atoms with Crippen LogP contribution in [0, 0.1) is 5.41 Å². The van der Waals surface area contributed by atoms with Gasteiger partial charge in [-0.2, -0.15) is 0 Å². The quantitative estimate of drug-likeness (QED) is 0.465. The summed E-state index contributed by atoms with van der Waals surface area (Å²) in [6.45, 7) is 0. The molecule has 0 unspecified atom stereocenters. The Morgan fingerprint density at radius 1 is 1.20 bits per heavy atom. The van der Waals surface area contributed by atoms with Crippen molar-refractivity contribution in [1.82, 2.24) is 10.6 Å². The second-order valence-corrected chi connectivity index (χ2v) is 5.62. The van der Waals surface area contributed by atoms with Crippen molar-refractivity contribution >= 4 is 39.7 Å². The molecule has 2 amide bonds. The third-order valence-corrected chi connectivity index (χ3v) is 3.85. The molecule has 1 fully saturated rings. The Bertz CT molecular complexity index is 592. The number of rotatable bonds is 3. The molecule has 0 radical (unpaired) electrons. The zero-order valence-electron chi connectivity index (χ0n) is 10.1. The average Bonchev–Trinajstić information content (AvgIpc) is 2.37. The van der Waals surface area contributed by atoms with Gasteiger partial charge < -0.3 is 5.11 Å². The zero-order chi connectivity index (χ0) is 14.9. The van der Waals surface area contributed by atoms with Crippen LogP contribution in [0.15, 0.2) is 24.3 Å². The lowest BCUT2D eigenvalue weighted by molar-refractivity contribution is -0.132. The number of hydrogen-bond acceptors (Lipinski definition) is 4.